The molecule has 1 aromatic rings. The molecule has 1 aromatic carbocycles. The van der Waals surface area contributed by atoms with Gasteiger partial charge in [0.15, 0.2) is 11.5 Å². The maximum absolute atomic E-state index is 6.33. The Kier molecular flexibility index (Phi) is 4.59. The summed E-state index contributed by atoms with van der Waals surface area (Å²) in [5, 5.41) is 0. The first-order chi connectivity index (χ1) is 10.6. The van der Waals surface area contributed by atoms with Gasteiger partial charge in [0.25, 0.3) is 0 Å². The molecular formula is C18H28N2O2. The fourth-order valence-corrected chi connectivity index (χ4v) is 3.98. The molecule has 0 aromatic heterocycles. The first kappa shape index (κ1) is 15.6. The van der Waals surface area contributed by atoms with Gasteiger partial charge >= 0.3 is 0 Å². The van der Waals surface area contributed by atoms with Gasteiger partial charge in [0.1, 0.15) is 0 Å². The third kappa shape index (κ3) is 3.08. The molecule has 3 rings (SSSR count). The van der Waals surface area contributed by atoms with Crippen LogP contribution in [0, 0.1) is 5.92 Å². The Morgan fingerprint density at radius 3 is 2.41 bits per heavy atom. The number of piperidine rings is 1. The lowest BCUT2D eigenvalue weighted by molar-refractivity contribution is 0.0541. The topological polar surface area (TPSA) is 47.7 Å². The lowest BCUT2D eigenvalue weighted by atomic mass is 9.78. The van der Waals surface area contributed by atoms with Gasteiger partial charge in [0.2, 0.25) is 0 Å². The zero-order valence-electron chi connectivity index (χ0n) is 13.9. The number of methoxy groups -OCH3 is 2. The summed E-state index contributed by atoms with van der Waals surface area (Å²) in [5.41, 5.74) is 7.64. The van der Waals surface area contributed by atoms with E-state index < -0.39 is 0 Å². The van der Waals surface area contributed by atoms with Crippen LogP contribution in [0.4, 0.5) is 0 Å². The van der Waals surface area contributed by atoms with Gasteiger partial charge in [-0.1, -0.05) is 13.0 Å². The SMILES string of the molecule is COc1ccc(C2CC(N)CN(C3CC(C)C3)C2)cc1OC. The number of rotatable bonds is 4. The number of likely N-dealkylation sites (tertiary alicyclic amines) is 1. The van der Waals surface area contributed by atoms with Crippen molar-refractivity contribution in [2.24, 2.45) is 11.7 Å². The fraction of sp³-hybridized carbons (Fsp3) is 0.667. The predicted molar refractivity (Wildman–Crippen MR) is 88.6 cm³/mol. The number of nitrogens with zero attached hydrogens (tertiary/aromatic N) is 1. The molecule has 2 aliphatic rings. The number of ether oxygens (including phenoxy) is 2. The molecule has 1 saturated heterocycles. The van der Waals surface area contributed by atoms with Crippen LogP contribution in [-0.2, 0) is 0 Å². The van der Waals surface area contributed by atoms with E-state index in [9.17, 15) is 0 Å². The maximum atomic E-state index is 6.33. The predicted octanol–water partition coefficient (Wildman–Crippen LogP) is 2.62. The monoisotopic (exact) mass is 304 g/mol. The highest BCUT2D eigenvalue weighted by molar-refractivity contribution is 5.44. The van der Waals surface area contributed by atoms with Crippen LogP contribution in [0.5, 0.6) is 11.5 Å². The molecule has 2 unspecified atom stereocenters. The van der Waals surface area contributed by atoms with Crippen molar-refractivity contribution in [2.75, 3.05) is 27.3 Å². The molecule has 0 radical (unpaired) electrons. The van der Waals surface area contributed by atoms with E-state index in [1.807, 2.05) is 6.07 Å². The van der Waals surface area contributed by atoms with Gasteiger partial charge in [0, 0.05) is 25.2 Å². The van der Waals surface area contributed by atoms with Gasteiger partial charge in [-0.05, 0) is 48.8 Å². The lowest BCUT2D eigenvalue weighted by Gasteiger charge is -2.47. The fourth-order valence-electron chi connectivity index (χ4n) is 3.98. The van der Waals surface area contributed by atoms with Crippen molar-refractivity contribution < 1.29 is 9.47 Å². The highest BCUT2D eigenvalue weighted by Gasteiger charge is 2.36. The van der Waals surface area contributed by atoms with E-state index >= 15 is 0 Å². The van der Waals surface area contributed by atoms with E-state index in [-0.39, 0.29) is 6.04 Å². The molecule has 1 heterocycles. The molecule has 2 atom stereocenters. The Hall–Kier alpha value is -1.26. The number of hydrogen-bond acceptors (Lipinski definition) is 4. The van der Waals surface area contributed by atoms with Gasteiger partial charge in [-0.25, -0.2) is 0 Å². The van der Waals surface area contributed by atoms with Crippen molar-refractivity contribution in [1.29, 1.82) is 0 Å². The Bertz CT molecular complexity index is 514. The molecule has 1 saturated carbocycles. The molecule has 0 amide bonds. The van der Waals surface area contributed by atoms with Gasteiger partial charge in [-0.15, -0.1) is 0 Å². The summed E-state index contributed by atoms with van der Waals surface area (Å²) in [6, 6.07) is 7.28. The largest absolute Gasteiger partial charge is 0.493 e. The molecular weight excluding hydrogens is 276 g/mol. The van der Waals surface area contributed by atoms with E-state index in [1.54, 1.807) is 14.2 Å². The molecule has 4 heteroatoms. The summed E-state index contributed by atoms with van der Waals surface area (Å²) in [7, 11) is 3.36. The standard InChI is InChI=1S/C18H28N2O2/c1-12-6-16(7-12)20-10-14(8-15(19)11-20)13-4-5-17(21-2)18(9-13)22-3/h4-5,9,12,14-16H,6-8,10-11,19H2,1-3H3. The molecule has 1 aliphatic carbocycles. The summed E-state index contributed by atoms with van der Waals surface area (Å²) >= 11 is 0. The lowest BCUT2D eigenvalue weighted by Crippen LogP contribution is -2.53. The van der Waals surface area contributed by atoms with Crippen molar-refractivity contribution in [3.8, 4) is 11.5 Å². The Labute approximate surface area is 133 Å². The summed E-state index contributed by atoms with van der Waals surface area (Å²) < 4.78 is 10.8. The minimum atomic E-state index is 0.266. The number of hydrogen-bond donors (Lipinski definition) is 1. The van der Waals surface area contributed by atoms with E-state index in [0.717, 1.165) is 43.0 Å². The van der Waals surface area contributed by atoms with E-state index in [2.05, 4.69) is 24.0 Å². The van der Waals surface area contributed by atoms with Crippen LogP contribution in [0.25, 0.3) is 0 Å². The van der Waals surface area contributed by atoms with Crippen LogP contribution in [0.1, 0.15) is 37.7 Å². The van der Waals surface area contributed by atoms with Crippen molar-refractivity contribution in [3.63, 3.8) is 0 Å². The number of nitrogens with two attached hydrogens (primary N) is 1. The smallest absolute Gasteiger partial charge is 0.160 e. The molecule has 2 N–H and O–H groups in total. The highest BCUT2D eigenvalue weighted by atomic mass is 16.5. The van der Waals surface area contributed by atoms with Gasteiger partial charge in [-0.2, -0.15) is 0 Å². The normalized spacial score (nSPS) is 32.4. The molecule has 2 fully saturated rings. The minimum absolute atomic E-state index is 0.266. The van der Waals surface area contributed by atoms with Crippen molar-refractivity contribution in [2.45, 2.75) is 44.2 Å². The van der Waals surface area contributed by atoms with Crippen LogP contribution < -0.4 is 15.2 Å². The van der Waals surface area contributed by atoms with Crippen LogP contribution in [0.15, 0.2) is 18.2 Å². The molecule has 4 nitrogen and oxygen atoms in total. The molecule has 0 spiro atoms. The molecule has 22 heavy (non-hydrogen) atoms. The summed E-state index contributed by atoms with van der Waals surface area (Å²) in [6.07, 6.45) is 3.70. The van der Waals surface area contributed by atoms with E-state index in [4.69, 9.17) is 15.2 Å². The van der Waals surface area contributed by atoms with Gasteiger partial charge < -0.3 is 15.2 Å². The zero-order valence-corrected chi connectivity index (χ0v) is 13.9. The number of benzene rings is 1. The average molecular weight is 304 g/mol. The second kappa shape index (κ2) is 6.47. The van der Waals surface area contributed by atoms with Crippen LogP contribution in [0.3, 0.4) is 0 Å². The summed E-state index contributed by atoms with van der Waals surface area (Å²) in [5.74, 6) is 2.96. The average Bonchev–Trinajstić information content (AvgIpc) is 2.50. The van der Waals surface area contributed by atoms with Crippen LogP contribution in [0.2, 0.25) is 0 Å². The van der Waals surface area contributed by atoms with Crippen molar-refractivity contribution in [3.05, 3.63) is 23.8 Å². The van der Waals surface area contributed by atoms with Crippen molar-refractivity contribution >= 4 is 0 Å². The first-order valence-electron chi connectivity index (χ1n) is 8.32. The Morgan fingerprint density at radius 2 is 1.77 bits per heavy atom. The van der Waals surface area contributed by atoms with Gasteiger partial charge in [-0.3, -0.25) is 4.90 Å². The zero-order chi connectivity index (χ0) is 15.7. The molecule has 1 aliphatic heterocycles. The second-order valence-electron chi connectivity index (χ2n) is 6.99. The maximum Gasteiger partial charge on any atom is 0.160 e. The summed E-state index contributed by atoms with van der Waals surface area (Å²) in [4.78, 5) is 2.61. The van der Waals surface area contributed by atoms with Gasteiger partial charge in [0.05, 0.1) is 14.2 Å². The minimum Gasteiger partial charge on any atom is -0.493 e. The molecule has 122 valence electrons. The van der Waals surface area contributed by atoms with E-state index in [1.165, 1.54) is 18.4 Å². The quantitative estimate of drug-likeness (QED) is 0.929. The second-order valence-corrected chi connectivity index (χ2v) is 6.99. The summed E-state index contributed by atoms with van der Waals surface area (Å²) in [6.45, 7) is 4.49. The van der Waals surface area contributed by atoms with E-state index in [0.29, 0.717) is 5.92 Å². The van der Waals surface area contributed by atoms with Crippen molar-refractivity contribution in [1.82, 2.24) is 4.90 Å². The molecule has 0 bridgehead atoms. The highest BCUT2D eigenvalue weighted by Crippen LogP contribution is 2.38. The Balaban J connectivity index is 1.75. The van der Waals surface area contributed by atoms with Crippen LogP contribution in [-0.4, -0.2) is 44.3 Å². The Morgan fingerprint density at radius 1 is 1.05 bits per heavy atom. The first-order valence-corrected chi connectivity index (χ1v) is 8.32. The third-order valence-corrected chi connectivity index (χ3v) is 5.26. The third-order valence-electron chi connectivity index (χ3n) is 5.26. The van der Waals surface area contributed by atoms with Crippen LogP contribution >= 0.6 is 0 Å².